The van der Waals surface area contributed by atoms with E-state index in [4.69, 9.17) is 14.2 Å². The van der Waals surface area contributed by atoms with Crippen molar-refractivity contribution in [2.75, 3.05) is 26.6 Å². The predicted octanol–water partition coefficient (Wildman–Crippen LogP) is 3.40. The van der Waals surface area contributed by atoms with E-state index in [2.05, 4.69) is 5.32 Å². The molecule has 0 fully saturated rings. The van der Waals surface area contributed by atoms with Gasteiger partial charge in [-0.2, -0.15) is 5.26 Å². The maximum Gasteiger partial charge on any atom is 0.266 e. The largest absolute Gasteiger partial charge is 0.493 e. The Bertz CT molecular complexity index is 888. The number of anilines is 1. The molecule has 0 unspecified atom stereocenters. The monoisotopic (exact) mass is 356 g/mol. The van der Waals surface area contributed by atoms with Crippen LogP contribution in [0.25, 0.3) is 6.08 Å². The molecule has 6 nitrogen and oxygen atoms in total. The van der Waals surface area contributed by atoms with E-state index in [1.54, 1.807) is 24.3 Å². The first kappa shape index (κ1) is 18.8. The summed E-state index contributed by atoms with van der Waals surface area (Å²) in [6, 6.07) is 10.7. The summed E-state index contributed by atoms with van der Waals surface area (Å²) in [5, 5.41) is 11.7. The zero-order valence-electron chi connectivity index (χ0n) is 14.5. The SMILES string of the molecule is COc1ccc(/C=C(\C#N)C(=O)Nc2ccccc2F)c(OC)c1OC. The van der Waals surface area contributed by atoms with Gasteiger partial charge in [0.1, 0.15) is 17.5 Å². The Balaban J connectivity index is 2.41. The van der Waals surface area contributed by atoms with Crippen LogP contribution >= 0.6 is 0 Å². The quantitative estimate of drug-likeness (QED) is 0.634. The average Bonchev–Trinajstić information content (AvgIpc) is 2.66. The Kier molecular flexibility index (Phi) is 6.17. The predicted molar refractivity (Wildman–Crippen MR) is 94.7 cm³/mol. The molecule has 2 aromatic rings. The number of nitrogens with zero attached hydrogens (tertiary/aromatic N) is 1. The molecule has 134 valence electrons. The molecule has 0 aliphatic heterocycles. The molecule has 0 radical (unpaired) electrons. The van der Waals surface area contributed by atoms with Gasteiger partial charge in [0.2, 0.25) is 5.75 Å². The fraction of sp³-hybridized carbons (Fsp3) is 0.158. The van der Waals surface area contributed by atoms with Crippen LogP contribution in [0.5, 0.6) is 17.2 Å². The van der Waals surface area contributed by atoms with Gasteiger partial charge in [0, 0.05) is 5.56 Å². The van der Waals surface area contributed by atoms with Crippen molar-refractivity contribution in [3.63, 3.8) is 0 Å². The molecule has 0 saturated heterocycles. The molecule has 0 aromatic heterocycles. The Labute approximate surface area is 150 Å². The van der Waals surface area contributed by atoms with Crippen LogP contribution in [-0.2, 0) is 4.79 Å². The summed E-state index contributed by atoms with van der Waals surface area (Å²) in [7, 11) is 4.36. The normalized spacial score (nSPS) is 10.7. The number of ether oxygens (including phenoxy) is 3. The van der Waals surface area contributed by atoms with Crippen molar-refractivity contribution >= 4 is 17.7 Å². The van der Waals surface area contributed by atoms with Crippen molar-refractivity contribution in [3.05, 3.63) is 53.4 Å². The summed E-state index contributed by atoms with van der Waals surface area (Å²) < 4.78 is 29.5. The van der Waals surface area contributed by atoms with E-state index in [9.17, 15) is 14.4 Å². The van der Waals surface area contributed by atoms with Crippen LogP contribution in [0, 0.1) is 17.1 Å². The standard InChI is InChI=1S/C19H17FN2O4/c1-24-16-9-8-12(17(25-2)18(16)26-3)10-13(11-21)19(23)22-15-7-5-4-6-14(15)20/h4-10H,1-3H3,(H,22,23)/b13-10+. The molecule has 0 saturated carbocycles. The molecule has 0 atom stereocenters. The number of methoxy groups -OCH3 is 3. The lowest BCUT2D eigenvalue weighted by atomic mass is 10.1. The summed E-state index contributed by atoms with van der Waals surface area (Å²) >= 11 is 0. The summed E-state index contributed by atoms with van der Waals surface area (Å²) in [4.78, 5) is 12.3. The molecule has 1 N–H and O–H groups in total. The number of hydrogen-bond donors (Lipinski definition) is 1. The van der Waals surface area contributed by atoms with Gasteiger partial charge in [-0.15, -0.1) is 0 Å². The fourth-order valence-electron chi connectivity index (χ4n) is 2.29. The number of nitrogens with one attached hydrogen (secondary N) is 1. The summed E-state index contributed by atoms with van der Waals surface area (Å²) in [6.45, 7) is 0. The lowest BCUT2D eigenvalue weighted by Gasteiger charge is -2.14. The number of nitriles is 1. The number of amides is 1. The van der Waals surface area contributed by atoms with E-state index >= 15 is 0 Å². The highest BCUT2D eigenvalue weighted by molar-refractivity contribution is 6.10. The second-order valence-corrected chi connectivity index (χ2v) is 5.03. The van der Waals surface area contributed by atoms with Gasteiger partial charge < -0.3 is 19.5 Å². The van der Waals surface area contributed by atoms with Crippen LogP contribution in [-0.4, -0.2) is 27.2 Å². The molecule has 2 rings (SSSR count). The zero-order chi connectivity index (χ0) is 19.1. The molecule has 0 heterocycles. The number of carbonyl (C=O) groups is 1. The Morgan fingerprint density at radius 2 is 1.77 bits per heavy atom. The third kappa shape index (κ3) is 3.92. The number of carbonyl (C=O) groups excluding carboxylic acids is 1. The van der Waals surface area contributed by atoms with Crippen LogP contribution in [0.2, 0.25) is 0 Å². The molecule has 26 heavy (non-hydrogen) atoms. The Morgan fingerprint density at radius 3 is 2.35 bits per heavy atom. The second kappa shape index (κ2) is 8.53. The van der Waals surface area contributed by atoms with Crippen LogP contribution in [0.1, 0.15) is 5.56 Å². The lowest BCUT2D eigenvalue weighted by molar-refractivity contribution is -0.112. The van der Waals surface area contributed by atoms with Gasteiger partial charge in [-0.1, -0.05) is 12.1 Å². The first-order chi connectivity index (χ1) is 12.5. The smallest absolute Gasteiger partial charge is 0.266 e. The number of para-hydroxylation sites is 1. The van der Waals surface area contributed by atoms with Gasteiger partial charge in [0.15, 0.2) is 11.5 Å². The van der Waals surface area contributed by atoms with Gasteiger partial charge in [-0.25, -0.2) is 4.39 Å². The average molecular weight is 356 g/mol. The summed E-state index contributed by atoms with van der Waals surface area (Å²) in [5.74, 6) is -0.263. The lowest BCUT2D eigenvalue weighted by Crippen LogP contribution is -2.14. The molecule has 7 heteroatoms. The van der Waals surface area contributed by atoms with Crippen molar-refractivity contribution < 1.29 is 23.4 Å². The minimum absolute atomic E-state index is 0.0158. The second-order valence-electron chi connectivity index (χ2n) is 5.03. The summed E-state index contributed by atoms with van der Waals surface area (Å²) in [5.41, 5.74) is 0.196. The van der Waals surface area contributed by atoms with Crippen LogP contribution in [0.15, 0.2) is 42.0 Å². The third-order valence-electron chi connectivity index (χ3n) is 3.52. The van der Waals surface area contributed by atoms with Crippen molar-refractivity contribution in [1.82, 2.24) is 0 Å². The topological polar surface area (TPSA) is 80.6 Å². The third-order valence-corrected chi connectivity index (χ3v) is 3.52. The minimum Gasteiger partial charge on any atom is -0.493 e. The first-order valence-corrected chi connectivity index (χ1v) is 7.52. The van der Waals surface area contributed by atoms with Crippen molar-refractivity contribution in [2.24, 2.45) is 0 Å². The zero-order valence-corrected chi connectivity index (χ0v) is 14.5. The fourth-order valence-corrected chi connectivity index (χ4v) is 2.29. The van der Waals surface area contributed by atoms with Crippen molar-refractivity contribution in [2.45, 2.75) is 0 Å². The van der Waals surface area contributed by atoms with Crippen LogP contribution in [0.3, 0.4) is 0 Å². The van der Waals surface area contributed by atoms with Gasteiger partial charge >= 0.3 is 0 Å². The molecule has 0 bridgehead atoms. The van der Waals surface area contributed by atoms with Gasteiger partial charge in [-0.3, -0.25) is 4.79 Å². The van der Waals surface area contributed by atoms with E-state index < -0.39 is 11.7 Å². The molecule has 0 aliphatic carbocycles. The number of hydrogen-bond acceptors (Lipinski definition) is 5. The molecule has 1 amide bonds. The first-order valence-electron chi connectivity index (χ1n) is 7.52. The highest BCUT2D eigenvalue weighted by atomic mass is 19.1. The van der Waals surface area contributed by atoms with Crippen LogP contribution in [0.4, 0.5) is 10.1 Å². The van der Waals surface area contributed by atoms with E-state index in [0.717, 1.165) is 0 Å². The molecule has 0 aliphatic rings. The summed E-state index contributed by atoms with van der Waals surface area (Å²) in [6.07, 6.45) is 1.33. The van der Waals surface area contributed by atoms with E-state index in [0.29, 0.717) is 22.8 Å². The minimum atomic E-state index is -0.741. The maximum atomic E-state index is 13.7. The van der Waals surface area contributed by atoms with E-state index in [1.165, 1.54) is 45.6 Å². The molecular formula is C19H17FN2O4. The Hall–Kier alpha value is -3.53. The number of rotatable bonds is 6. The van der Waals surface area contributed by atoms with Crippen LogP contribution < -0.4 is 19.5 Å². The highest BCUT2D eigenvalue weighted by Crippen LogP contribution is 2.40. The van der Waals surface area contributed by atoms with E-state index in [1.807, 2.05) is 0 Å². The maximum absolute atomic E-state index is 13.7. The highest BCUT2D eigenvalue weighted by Gasteiger charge is 2.17. The van der Waals surface area contributed by atoms with Gasteiger partial charge in [-0.05, 0) is 30.3 Å². The Morgan fingerprint density at radius 1 is 1.08 bits per heavy atom. The van der Waals surface area contributed by atoms with Crippen molar-refractivity contribution in [3.8, 4) is 23.3 Å². The number of halogens is 1. The van der Waals surface area contributed by atoms with Crippen molar-refractivity contribution in [1.29, 1.82) is 5.26 Å². The van der Waals surface area contributed by atoms with Gasteiger partial charge in [0.25, 0.3) is 5.91 Å². The molecule has 0 spiro atoms. The molecular weight excluding hydrogens is 339 g/mol. The molecule has 2 aromatic carbocycles. The van der Waals surface area contributed by atoms with Gasteiger partial charge in [0.05, 0.1) is 27.0 Å². The van der Waals surface area contributed by atoms with E-state index in [-0.39, 0.29) is 11.3 Å². The number of benzene rings is 2.